The van der Waals surface area contributed by atoms with Crippen LogP contribution in [-0.2, 0) is 0 Å². The first kappa shape index (κ1) is 8.58. The van der Waals surface area contributed by atoms with Crippen LogP contribution in [0, 0.1) is 11.8 Å². The van der Waals surface area contributed by atoms with E-state index in [1.54, 1.807) is 5.57 Å². The normalized spacial score (nSPS) is 38.6. The van der Waals surface area contributed by atoms with Crippen molar-refractivity contribution in [2.45, 2.75) is 32.1 Å². The van der Waals surface area contributed by atoms with Gasteiger partial charge in [0.25, 0.3) is 0 Å². The van der Waals surface area contributed by atoms with Crippen molar-refractivity contribution in [3.63, 3.8) is 0 Å². The van der Waals surface area contributed by atoms with E-state index in [1.807, 2.05) is 0 Å². The lowest BCUT2D eigenvalue weighted by Gasteiger charge is -2.26. The third-order valence-corrected chi connectivity index (χ3v) is 3.89. The van der Waals surface area contributed by atoms with Crippen LogP contribution in [0.1, 0.15) is 32.1 Å². The molecule has 14 heavy (non-hydrogen) atoms. The van der Waals surface area contributed by atoms with Crippen molar-refractivity contribution >= 4 is 0 Å². The largest absolute Gasteiger partial charge is 0.377 e. The molecule has 3 rings (SSSR count). The van der Waals surface area contributed by atoms with Crippen molar-refractivity contribution in [2.75, 3.05) is 13.1 Å². The molecular formula is C13H19N. The number of nitrogens with zero attached hydrogens (tertiary/aromatic N) is 1. The van der Waals surface area contributed by atoms with Crippen molar-refractivity contribution in [1.82, 2.24) is 4.90 Å². The van der Waals surface area contributed by atoms with Gasteiger partial charge >= 0.3 is 0 Å². The van der Waals surface area contributed by atoms with Gasteiger partial charge in [-0.15, -0.1) is 0 Å². The molecule has 2 bridgehead atoms. The Balaban J connectivity index is 1.69. The van der Waals surface area contributed by atoms with Gasteiger partial charge in [-0.3, -0.25) is 0 Å². The van der Waals surface area contributed by atoms with Crippen LogP contribution in [0.4, 0.5) is 0 Å². The van der Waals surface area contributed by atoms with Crippen molar-refractivity contribution in [1.29, 1.82) is 0 Å². The lowest BCUT2D eigenvalue weighted by Crippen LogP contribution is -2.25. The van der Waals surface area contributed by atoms with Crippen molar-refractivity contribution in [2.24, 2.45) is 11.8 Å². The highest BCUT2D eigenvalue weighted by Crippen LogP contribution is 2.43. The number of allylic oxidation sites excluding steroid dienone is 3. The number of likely N-dealkylation sites (tertiary alicyclic amines) is 1. The van der Waals surface area contributed by atoms with Crippen molar-refractivity contribution in [3.05, 3.63) is 23.9 Å². The molecule has 0 aromatic heterocycles. The molecule has 0 radical (unpaired) electrons. The predicted octanol–water partition coefficient (Wildman–Crippen LogP) is 2.95. The van der Waals surface area contributed by atoms with Gasteiger partial charge in [-0.2, -0.15) is 0 Å². The maximum Gasteiger partial charge on any atom is 0.0172 e. The Labute approximate surface area is 86.5 Å². The smallest absolute Gasteiger partial charge is 0.0172 e. The standard InChI is InChI=1S/C13H19N/c1-2-6-14(7-3-1)10-13-9-11-4-5-12(13)8-11/h4-5,10-12H,1-3,6-9H2/b13-10-. The molecule has 1 heterocycles. The number of hydrogen-bond donors (Lipinski definition) is 0. The molecule has 0 aromatic rings. The molecule has 76 valence electrons. The van der Waals surface area contributed by atoms with Gasteiger partial charge < -0.3 is 4.90 Å². The fourth-order valence-electron chi connectivity index (χ4n) is 3.09. The second-order valence-electron chi connectivity index (χ2n) is 4.99. The summed E-state index contributed by atoms with van der Waals surface area (Å²) >= 11 is 0. The Morgan fingerprint density at radius 3 is 2.64 bits per heavy atom. The third kappa shape index (κ3) is 1.49. The zero-order valence-corrected chi connectivity index (χ0v) is 8.78. The molecular weight excluding hydrogens is 170 g/mol. The Morgan fingerprint density at radius 1 is 1.14 bits per heavy atom. The quantitative estimate of drug-likeness (QED) is 0.573. The average molecular weight is 189 g/mol. The number of piperidine rings is 1. The topological polar surface area (TPSA) is 3.24 Å². The first-order valence-corrected chi connectivity index (χ1v) is 6.05. The maximum atomic E-state index is 2.55. The van der Waals surface area contributed by atoms with E-state index in [4.69, 9.17) is 0 Å². The number of rotatable bonds is 1. The zero-order chi connectivity index (χ0) is 9.38. The van der Waals surface area contributed by atoms with Gasteiger partial charge in [-0.05, 0) is 49.8 Å². The van der Waals surface area contributed by atoms with Gasteiger partial charge in [0, 0.05) is 19.0 Å². The van der Waals surface area contributed by atoms with Crippen LogP contribution in [0.25, 0.3) is 0 Å². The molecule has 1 heteroatoms. The van der Waals surface area contributed by atoms with Crippen molar-refractivity contribution < 1.29 is 0 Å². The van der Waals surface area contributed by atoms with E-state index in [1.165, 1.54) is 45.2 Å². The molecule has 1 saturated carbocycles. The minimum atomic E-state index is 0.807. The molecule has 2 unspecified atom stereocenters. The highest BCUT2D eigenvalue weighted by atomic mass is 15.1. The van der Waals surface area contributed by atoms with Crippen LogP contribution in [0.5, 0.6) is 0 Å². The highest BCUT2D eigenvalue weighted by molar-refractivity contribution is 5.26. The van der Waals surface area contributed by atoms with E-state index in [0.717, 1.165) is 11.8 Å². The molecule has 1 aliphatic heterocycles. The predicted molar refractivity (Wildman–Crippen MR) is 58.9 cm³/mol. The van der Waals surface area contributed by atoms with E-state index in [2.05, 4.69) is 23.3 Å². The van der Waals surface area contributed by atoms with Gasteiger partial charge in [0.2, 0.25) is 0 Å². The molecule has 1 saturated heterocycles. The van der Waals surface area contributed by atoms with Crippen molar-refractivity contribution in [3.8, 4) is 0 Å². The van der Waals surface area contributed by atoms with E-state index in [-0.39, 0.29) is 0 Å². The lowest BCUT2D eigenvalue weighted by atomic mass is 10.0. The first-order chi connectivity index (χ1) is 6.92. The summed E-state index contributed by atoms with van der Waals surface area (Å²) < 4.78 is 0. The second-order valence-corrected chi connectivity index (χ2v) is 4.99. The van der Waals surface area contributed by atoms with Gasteiger partial charge in [0.05, 0.1) is 0 Å². The van der Waals surface area contributed by atoms with E-state index >= 15 is 0 Å². The fourth-order valence-corrected chi connectivity index (χ4v) is 3.09. The third-order valence-electron chi connectivity index (χ3n) is 3.89. The van der Waals surface area contributed by atoms with E-state index in [0.29, 0.717) is 0 Å². The molecule has 1 nitrogen and oxygen atoms in total. The monoisotopic (exact) mass is 189 g/mol. The molecule has 0 N–H and O–H groups in total. The molecule has 0 amide bonds. The molecule has 2 atom stereocenters. The zero-order valence-electron chi connectivity index (χ0n) is 8.78. The van der Waals surface area contributed by atoms with Crippen LogP contribution < -0.4 is 0 Å². The highest BCUT2D eigenvalue weighted by Gasteiger charge is 2.31. The van der Waals surface area contributed by atoms with Gasteiger partial charge in [-0.25, -0.2) is 0 Å². The van der Waals surface area contributed by atoms with Gasteiger partial charge in [0.1, 0.15) is 0 Å². The summed E-state index contributed by atoms with van der Waals surface area (Å²) in [6, 6.07) is 0. The first-order valence-electron chi connectivity index (χ1n) is 6.05. The van der Waals surface area contributed by atoms with E-state index < -0.39 is 0 Å². The van der Waals surface area contributed by atoms with E-state index in [9.17, 15) is 0 Å². The summed E-state index contributed by atoms with van der Waals surface area (Å²) in [7, 11) is 0. The van der Waals surface area contributed by atoms with Gasteiger partial charge in [0.15, 0.2) is 0 Å². The molecule has 3 aliphatic rings. The molecule has 0 aromatic carbocycles. The SMILES string of the molecule is C1=CC2CC1C/C2=C/N1CCCCC1. The van der Waals surface area contributed by atoms with Crippen LogP contribution in [0.2, 0.25) is 0 Å². The summed E-state index contributed by atoms with van der Waals surface area (Å²) in [4.78, 5) is 2.55. The summed E-state index contributed by atoms with van der Waals surface area (Å²) in [5, 5.41) is 0. The van der Waals surface area contributed by atoms with Crippen LogP contribution >= 0.6 is 0 Å². The minimum absolute atomic E-state index is 0.807. The lowest BCUT2D eigenvalue weighted by molar-refractivity contribution is 0.306. The summed E-state index contributed by atoms with van der Waals surface area (Å²) in [6.07, 6.45) is 14.3. The molecule has 2 fully saturated rings. The summed E-state index contributed by atoms with van der Waals surface area (Å²) in [5.41, 5.74) is 1.71. The number of fused-ring (bicyclic) bond motifs is 2. The fraction of sp³-hybridized carbons (Fsp3) is 0.692. The van der Waals surface area contributed by atoms with Crippen LogP contribution in [0.15, 0.2) is 23.9 Å². The molecule has 0 spiro atoms. The Kier molecular flexibility index (Phi) is 2.11. The van der Waals surface area contributed by atoms with Crippen LogP contribution in [0.3, 0.4) is 0 Å². The van der Waals surface area contributed by atoms with Crippen LogP contribution in [-0.4, -0.2) is 18.0 Å². The second kappa shape index (κ2) is 3.45. The summed E-state index contributed by atoms with van der Waals surface area (Å²) in [5.74, 6) is 1.69. The molecule has 2 aliphatic carbocycles. The maximum absolute atomic E-state index is 2.55. The average Bonchev–Trinajstić information content (AvgIpc) is 2.81. The Bertz CT molecular complexity index is 271. The Hall–Kier alpha value is -0.720. The number of hydrogen-bond acceptors (Lipinski definition) is 1. The Morgan fingerprint density at radius 2 is 2.00 bits per heavy atom. The summed E-state index contributed by atoms with van der Waals surface area (Å²) in [6.45, 7) is 2.59. The minimum Gasteiger partial charge on any atom is -0.377 e. The van der Waals surface area contributed by atoms with Gasteiger partial charge in [-0.1, -0.05) is 12.2 Å².